The van der Waals surface area contributed by atoms with Crippen LogP contribution in [0, 0.1) is 5.41 Å². The molecule has 1 aromatic rings. The lowest BCUT2D eigenvalue weighted by Crippen LogP contribution is -2.43. The highest BCUT2D eigenvalue weighted by Gasteiger charge is 2.31. The second-order valence-corrected chi connectivity index (χ2v) is 7.69. The fourth-order valence-electron chi connectivity index (χ4n) is 2.40. The molecule has 0 atom stereocenters. The molecule has 0 spiro atoms. The van der Waals surface area contributed by atoms with Gasteiger partial charge < -0.3 is 10.3 Å². The van der Waals surface area contributed by atoms with Crippen molar-refractivity contribution >= 4 is 15.7 Å². The second kappa shape index (κ2) is 6.27. The van der Waals surface area contributed by atoms with Gasteiger partial charge in [0, 0.05) is 18.9 Å². The number of aromatic nitrogens is 1. The molecule has 4 N–H and O–H groups in total. The first-order chi connectivity index (χ1) is 9.86. The van der Waals surface area contributed by atoms with E-state index in [-0.39, 0.29) is 10.3 Å². The minimum atomic E-state index is -3.62. The Hall–Kier alpha value is -1.22. The van der Waals surface area contributed by atoms with E-state index in [1.54, 1.807) is 0 Å². The van der Waals surface area contributed by atoms with E-state index in [2.05, 4.69) is 34.0 Å². The van der Waals surface area contributed by atoms with Crippen LogP contribution in [0.25, 0.3) is 0 Å². The topological polar surface area (TPSA) is 100 Å². The zero-order valence-corrected chi connectivity index (χ0v) is 13.3. The Balaban J connectivity index is 2.08. The van der Waals surface area contributed by atoms with Crippen molar-refractivity contribution in [3.63, 3.8) is 0 Å². The lowest BCUT2D eigenvalue weighted by atomic mass is 9.81. The minimum Gasteiger partial charge on any atom is -0.323 e. The van der Waals surface area contributed by atoms with Gasteiger partial charge in [-0.25, -0.2) is 13.1 Å². The predicted molar refractivity (Wildman–Crippen MR) is 82.1 cm³/mol. The van der Waals surface area contributed by atoms with Gasteiger partial charge in [0.25, 0.3) is 0 Å². The fourth-order valence-corrected chi connectivity index (χ4v) is 3.71. The number of hydrogen-bond donors (Lipinski definition) is 3. The van der Waals surface area contributed by atoms with Crippen molar-refractivity contribution in [2.75, 3.05) is 32.1 Å². The highest BCUT2D eigenvalue weighted by Crippen LogP contribution is 2.30. The molecule has 2 rings (SSSR count). The lowest BCUT2D eigenvalue weighted by molar-refractivity contribution is 0.143. The molecule has 1 saturated heterocycles. The molecule has 7 nitrogen and oxygen atoms in total. The molecule has 2 heterocycles. The summed E-state index contributed by atoms with van der Waals surface area (Å²) in [6.45, 7) is 4.51. The number of hydrazine groups is 1. The summed E-state index contributed by atoms with van der Waals surface area (Å²) in [7, 11) is -1.54. The molecule has 1 aliphatic rings. The number of likely N-dealkylation sites (tertiary alicyclic amines) is 1. The van der Waals surface area contributed by atoms with Crippen LogP contribution in [0.15, 0.2) is 23.4 Å². The van der Waals surface area contributed by atoms with Gasteiger partial charge in [-0.2, -0.15) is 0 Å². The Bertz CT molecular complexity index is 582. The smallest absolute Gasteiger partial charge is 0.244 e. The van der Waals surface area contributed by atoms with Crippen LogP contribution in [0.5, 0.6) is 0 Å². The number of anilines is 1. The first kappa shape index (κ1) is 16.2. The third-order valence-corrected chi connectivity index (χ3v) is 5.54. The Morgan fingerprint density at radius 2 is 2.10 bits per heavy atom. The van der Waals surface area contributed by atoms with E-state index >= 15 is 0 Å². The summed E-state index contributed by atoms with van der Waals surface area (Å²) < 4.78 is 27.5. The highest BCUT2D eigenvalue weighted by atomic mass is 32.2. The average Bonchev–Trinajstić information content (AvgIpc) is 2.49. The van der Waals surface area contributed by atoms with E-state index in [9.17, 15) is 8.42 Å². The van der Waals surface area contributed by atoms with Crippen LogP contribution in [0.3, 0.4) is 0 Å². The standard InChI is InChI=1S/C13H23N5O2S/c1-13(4-7-18(2)8-5-13)10-16-21(19,20)12-9-15-6-3-11(12)17-14/h3,6,9,16H,4-5,7-8,10,14H2,1-2H3,(H,15,17). The van der Waals surface area contributed by atoms with Crippen molar-refractivity contribution in [1.29, 1.82) is 0 Å². The maximum absolute atomic E-state index is 12.4. The van der Waals surface area contributed by atoms with Crippen LogP contribution >= 0.6 is 0 Å². The number of sulfonamides is 1. The van der Waals surface area contributed by atoms with Crippen molar-refractivity contribution < 1.29 is 8.42 Å². The van der Waals surface area contributed by atoms with Gasteiger partial charge in [-0.15, -0.1) is 0 Å². The first-order valence-electron chi connectivity index (χ1n) is 6.95. The number of nitrogens with one attached hydrogen (secondary N) is 2. The number of nitrogen functional groups attached to an aromatic ring is 1. The first-order valence-corrected chi connectivity index (χ1v) is 8.43. The molecule has 1 aliphatic heterocycles. The summed E-state index contributed by atoms with van der Waals surface area (Å²) in [5.74, 6) is 5.35. The second-order valence-electron chi connectivity index (χ2n) is 5.95. The Morgan fingerprint density at radius 3 is 2.71 bits per heavy atom. The summed E-state index contributed by atoms with van der Waals surface area (Å²) in [5, 5.41) is 0. The van der Waals surface area contributed by atoms with Crippen LogP contribution in [0.4, 0.5) is 5.69 Å². The van der Waals surface area contributed by atoms with Crippen molar-refractivity contribution in [3.05, 3.63) is 18.5 Å². The molecular weight excluding hydrogens is 290 g/mol. The molecule has 1 aromatic heterocycles. The highest BCUT2D eigenvalue weighted by molar-refractivity contribution is 7.89. The number of rotatable bonds is 5. The van der Waals surface area contributed by atoms with E-state index in [1.807, 2.05) is 0 Å². The number of piperidine rings is 1. The molecule has 118 valence electrons. The molecule has 8 heteroatoms. The molecule has 0 amide bonds. The SMILES string of the molecule is CN1CCC(C)(CNS(=O)(=O)c2cnccc2NN)CC1. The minimum absolute atomic E-state index is 0.0158. The average molecular weight is 313 g/mol. The van der Waals surface area contributed by atoms with Crippen molar-refractivity contribution in [2.24, 2.45) is 11.3 Å². The molecule has 21 heavy (non-hydrogen) atoms. The van der Waals surface area contributed by atoms with Crippen LogP contribution in [0.2, 0.25) is 0 Å². The van der Waals surface area contributed by atoms with Crippen molar-refractivity contribution in [1.82, 2.24) is 14.6 Å². The molecule has 1 fully saturated rings. The van der Waals surface area contributed by atoms with Crippen molar-refractivity contribution in [2.45, 2.75) is 24.7 Å². The molecule has 0 aliphatic carbocycles. The van der Waals surface area contributed by atoms with Gasteiger partial charge in [0.1, 0.15) is 4.90 Å². The van der Waals surface area contributed by atoms with Gasteiger partial charge in [-0.05, 0) is 44.5 Å². The van der Waals surface area contributed by atoms with Gasteiger partial charge >= 0.3 is 0 Å². The van der Waals surface area contributed by atoms with E-state index in [0.29, 0.717) is 12.2 Å². The summed E-state index contributed by atoms with van der Waals surface area (Å²) in [5.41, 5.74) is 2.71. The molecule has 0 unspecified atom stereocenters. The largest absolute Gasteiger partial charge is 0.323 e. The fraction of sp³-hybridized carbons (Fsp3) is 0.615. The summed E-state index contributed by atoms with van der Waals surface area (Å²) in [6, 6.07) is 1.53. The number of nitrogens with two attached hydrogens (primary N) is 1. The van der Waals surface area contributed by atoms with Crippen LogP contribution < -0.4 is 16.0 Å². The lowest BCUT2D eigenvalue weighted by Gasteiger charge is -2.37. The van der Waals surface area contributed by atoms with Crippen LogP contribution in [-0.4, -0.2) is 45.0 Å². The third kappa shape index (κ3) is 3.91. The molecule has 0 radical (unpaired) electrons. The molecule has 0 bridgehead atoms. The monoisotopic (exact) mass is 313 g/mol. The zero-order chi connectivity index (χ0) is 15.5. The van der Waals surface area contributed by atoms with Crippen molar-refractivity contribution in [3.8, 4) is 0 Å². The van der Waals surface area contributed by atoms with Gasteiger partial charge in [-0.3, -0.25) is 10.8 Å². The van der Waals surface area contributed by atoms with Crippen LogP contribution in [-0.2, 0) is 10.0 Å². The normalized spacial score (nSPS) is 19.4. The number of hydrogen-bond acceptors (Lipinski definition) is 6. The summed E-state index contributed by atoms with van der Waals surface area (Å²) in [4.78, 5) is 6.19. The van der Waals surface area contributed by atoms with Gasteiger partial charge in [0.2, 0.25) is 10.0 Å². The van der Waals surface area contributed by atoms with E-state index in [1.165, 1.54) is 18.5 Å². The Morgan fingerprint density at radius 1 is 1.43 bits per heavy atom. The molecule has 0 saturated carbocycles. The zero-order valence-electron chi connectivity index (χ0n) is 12.5. The van der Waals surface area contributed by atoms with E-state index in [4.69, 9.17) is 5.84 Å². The van der Waals surface area contributed by atoms with E-state index < -0.39 is 10.0 Å². The van der Waals surface area contributed by atoms with Gasteiger partial charge in [0.15, 0.2) is 0 Å². The van der Waals surface area contributed by atoms with Crippen LogP contribution in [0.1, 0.15) is 19.8 Å². The van der Waals surface area contributed by atoms with E-state index in [0.717, 1.165) is 25.9 Å². The summed E-state index contributed by atoms with van der Waals surface area (Å²) in [6.07, 6.45) is 4.74. The Labute approximate surface area is 125 Å². The third-order valence-electron chi connectivity index (χ3n) is 4.11. The maximum Gasteiger partial charge on any atom is 0.244 e. The Kier molecular flexibility index (Phi) is 4.82. The maximum atomic E-state index is 12.4. The quantitative estimate of drug-likeness (QED) is 0.537. The number of pyridine rings is 1. The predicted octanol–water partition coefficient (Wildman–Crippen LogP) is 0.377. The number of nitrogens with zero attached hydrogens (tertiary/aromatic N) is 2. The molecule has 0 aromatic carbocycles. The summed E-state index contributed by atoms with van der Waals surface area (Å²) >= 11 is 0. The van der Waals surface area contributed by atoms with Gasteiger partial charge in [0.05, 0.1) is 5.69 Å². The van der Waals surface area contributed by atoms with Gasteiger partial charge in [-0.1, -0.05) is 6.92 Å². The molecular formula is C13H23N5O2S.